The van der Waals surface area contributed by atoms with Crippen LogP contribution in [0.5, 0.6) is 0 Å². The predicted octanol–water partition coefficient (Wildman–Crippen LogP) is 5.50. The van der Waals surface area contributed by atoms with Gasteiger partial charge in [0.05, 0.1) is 0 Å². The lowest BCUT2D eigenvalue weighted by Crippen LogP contribution is -2.40. The Bertz CT molecular complexity index is 833. The normalized spacial score (nSPS) is 11.6. The maximum Gasteiger partial charge on any atom is 0.410 e. The molecular weight excluding hydrogens is 486 g/mol. The number of unbranched alkanes of at least 4 members (excludes halogenated alkanes) is 2. The minimum Gasteiger partial charge on any atom is -0.461 e. The van der Waals surface area contributed by atoms with E-state index in [-0.39, 0.29) is 24.8 Å². The van der Waals surface area contributed by atoms with Gasteiger partial charge in [0.25, 0.3) is 0 Å². The van der Waals surface area contributed by atoms with E-state index in [0.717, 1.165) is 5.56 Å². The van der Waals surface area contributed by atoms with E-state index in [0.29, 0.717) is 71.2 Å². The molecule has 0 aliphatic rings. The van der Waals surface area contributed by atoms with Crippen molar-refractivity contribution in [3.8, 4) is 0 Å². The molecule has 0 atom stereocenters. The Morgan fingerprint density at radius 2 is 1.16 bits per heavy atom. The second kappa shape index (κ2) is 16.9. The summed E-state index contributed by atoms with van der Waals surface area (Å²) in [6.45, 7) is 13.8. The molecule has 38 heavy (non-hydrogen) atoms. The molecule has 0 aliphatic carbocycles. The van der Waals surface area contributed by atoms with Crippen LogP contribution < -0.4 is 5.73 Å². The first kappa shape index (κ1) is 33.2. The van der Waals surface area contributed by atoms with E-state index in [1.165, 1.54) is 0 Å². The van der Waals surface area contributed by atoms with E-state index in [9.17, 15) is 14.4 Å². The van der Waals surface area contributed by atoms with Gasteiger partial charge in [-0.3, -0.25) is 4.79 Å². The van der Waals surface area contributed by atoms with Crippen LogP contribution in [0.25, 0.3) is 0 Å². The highest BCUT2D eigenvalue weighted by atomic mass is 16.6. The molecule has 0 fully saturated rings. The van der Waals surface area contributed by atoms with Crippen molar-refractivity contribution in [3.05, 3.63) is 35.9 Å². The van der Waals surface area contributed by atoms with Gasteiger partial charge in [-0.25, -0.2) is 9.59 Å². The van der Waals surface area contributed by atoms with Gasteiger partial charge in [-0.05, 0) is 85.8 Å². The van der Waals surface area contributed by atoms with E-state index < -0.39 is 11.2 Å². The highest BCUT2D eigenvalue weighted by Crippen LogP contribution is 2.14. The SMILES string of the molecule is CC(C)(C)OC(=O)N(CCCN)CCCCN(CCCCC(=O)OCc1ccccc1)C(=O)OC(C)(C)C. The van der Waals surface area contributed by atoms with Gasteiger partial charge in [0, 0.05) is 32.6 Å². The maximum absolute atomic E-state index is 12.8. The average molecular weight is 536 g/mol. The first-order valence-electron chi connectivity index (χ1n) is 13.7. The van der Waals surface area contributed by atoms with Crippen molar-refractivity contribution in [3.63, 3.8) is 0 Å². The topological polar surface area (TPSA) is 111 Å². The zero-order valence-corrected chi connectivity index (χ0v) is 24.3. The number of benzene rings is 1. The molecule has 2 N–H and O–H groups in total. The number of ether oxygens (including phenoxy) is 3. The average Bonchev–Trinajstić information content (AvgIpc) is 2.81. The summed E-state index contributed by atoms with van der Waals surface area (Å²) in [5.74, 6) is -0.252. The Balaban J connectivity index is 2.53. The van der Waals surface area contributed by atoms with Gasteiger partial charge in [0.1, 0.15) is 17.8 Å². The van der Waals surface area contributed by atoms with Gasteiger partial charge >= 0.3 is 18.2 Å². The fourth-order valence-corrected chi connectivity index (χ4v) is 3.51. The van der Waals surface area contributed by atoms with Gasteiger partial charge in [0.2, 0.25) is 0 Å². The Hall–Kier alpha value is -2.81. The molecule has 0 aromatic heterocycles. The van der Waals surface area contributed by atoms with E-state index in [4.69, 9.17) is 19.9 Å². The molecule has 0 saturated heterocycles. The van der Waals surface area contributed by atoms with Crippen LogP contribution in [-0.4, -0.2) is 71.9 Å². The second-order valence-corrected chi connectivity index (χ2v) is 11.4. The Morgan fingerprint density at radius 3 is 1.61 bits per heavy atom. The van der Waals surface area contributed by atoms with Crippen molar-refractivity contribution in [2.24, 2.45) is 5.73 Å². The van der Waals surface area contributed by atoms with Gasteiger partial charge in [-0.15, -0.1) is 0 Å². The number of amides is 2. The van der Waals surface area contributed by atoms with Crippen molar-refractivity contribution >= 4 is 18.2 Å². The van der Waals surface area contributed by atoms with Crippen molar-refractivity contribution in [1.82, 2.24) is 9.80 Å². The van der Waals surface area contributed by atoms with Crippen LogP contribution in [-0.2, 0) is 25.6 Å². The minimum atomic E-state index is -0.605. The van der Waals surface area contributed by atoms with Crippen LogP contribution in [0.4, 0.5) is 9.59 Å². The predicted molar refractivity (Wildman–Crippen MR) is 149 cm³/mol. The molecule has 9 heteroatoms. The lowest BCUT2D eigenvalue weighted by atomic mass is 10.2. The number of rotatable bonds is 15. The number of nitrogens with two attached hydrogens (primary N) is 1. The molecule has 1 aromatic carbocycles. The molecule has 0 aliphatic heterocycles. The standard InChI is InChI=1S/C29H49N3O6/c1-28(2,3)37-26(34)31(19-11-10-17-25(33)36-23-24-15-8-7-9-16-24)20-12-13-21-32(22-14-18-30)27(35)38-29(4,5)6/h7-9,15-16H,10-14,17-23,30H2,1-6H3. The van der Waals surface area contributed by atoms with Gasteiger partial charge in [-0.1, -0.05) is 30.3 Å². The van der Waals surface area contributed by atoms with Gasteiger partial charge in [-0.2, -0.15) is 0 Å². The molecule has 9 nitrogen and oxygen atoms in total. The summed E-state index contributed by atoms with van der Waals surface area (Å²) < 4.78 is 16.4. The van der Waals surface area contributed by atoms with E-state index >= 15 is 0 Å². The van der Waals surface area contributed by atoms with Crippen LogP contribution in [0, 0.1) is 0 Å². The molecule has 0 unspecified atom stereocenters. The molecule has 2 amide bonds. The zero-order valence-electron chi connectivity index (χ0n) is 24.3. The Labute approximate surface area is 229 Å². The Kier molecular flexibility index (Phi) is 14.8. The van der Waals surface area contributed by atoms with Crippen LogP contribution in [0.2, 0.25) is 0 Å². The van der Waals surface area contributed by atoms with Gasteiger partial charge < -0.3 is 29.7 Å². The fraction of sp³-hybridized carbons (Fsp3) is 0.690. The third kappa shape index (κ3) is 16.1. The first-order valence-corrected chi connectivity index (χ1v) is 13.7. The molecule has 0 spiro atoms. The summed E-state index contributed by atoms with van der Waals surface area (Å²) in [6.07, 6.45) is 2.91. The maximum atomic E-state index is 12.8. The van der Waals surface area contributed by atoms with E-state index in [1.807, 2.05) is 71.9 Å². The number of hydrogen-bond donors (Lipinski definition) is 1. The first-order chi connectivity index (χ1) is 17.8. The fourth-order valence-electron chi connectivity index (χ4n) is 3.51. The molecule has 216 valence electrons. The number of carbonyl (C=O) groups is 3. The quantitative estimate of drug-likeness (QED) is 0.179. The number of nitrogens with zero attached hydrogens (tertiary/aromatic N) is 2. The number of hydrogen-bond acceptors (Lipinski definition) is 7. The van der Waals surface area contributed by atoms with Crippen molar-refractivity contribution in [2.45, 2.75) is 97.9 Å². The summed E-state index contributed by atoms with van der Waals surface area (Å²) in [4.78, 5) is 40.8. The number of carbonyl (C=O) groups excluding carboxylic acids is 3. The van der Waals surface area contributed by atoms with Gasteiger partial charge in [0.15, 0.2) is 0 Å². The highest BCUT2D eigenvalue weighted by molar-refractivity contribution is 5.69. The Morgan fingerprint density at radius 1 is 0.711 bits per heavy atom. The molecule has 1 aromatic rings. The van der Waals surface area contributed by atoms with E-state index in [1.54, 1.807) is 9.80 Å². The smallest absolute Gasteiger partial charge is 0.410 e. The molecule has 0 saturated carbocycles. The second-order valence-electron chi connectivity index (χ2n) is 11.4. The summed E-state index contributed by atoms with van der Waals surface area (Å²) in [5.41, 5.74) is 5.41. The summed E-state index contributed by atoms with van der Waals surface area (Å²) >= 11 is 0. The van der Waals surface area contributed by atoms with Crippen molar-refractivity contribution in [2.75, 3.05) is 32.7 Å². The summed E-state index contributed by atoms with van der Waals surface area (Å²) in [6, 6.07) is 9.56. The van der Waals surface area contributed by atoms with Crippen LogP contribution in [0.15, 0.2) is 30.3 Å². The monoisotopic (exact) mass is 535 g/mol. The minimum absolute atomic E-state index is 0.252. The van der Waals surface area contributed by atoms with E-state index in [2.05, 4.69) is 0 Å². The third-order valence-electron chi connectivity index (χ3n) is 5.34. The third-order valence-corrected chi connectivity index (χ3v) is 5.34. The molecule has 1 rings (SSSR count). The molecular formula is C29H49N3O6. The molecule has 0 bridgehead atoms. The van der Waals surface area contributed by atoms with Crippen LogP contribution in [0.1, 0.15) is 85.6 Å². The van der Waals surface area contributed by atoms with Crippen molar-refractivity contribution in [1.29, 1.82) is 0 Å². The number of esters is 1. The highest BCUT2D eigenvalue weighted by Gasteiger charge is 2.23. The lowest BCUT2D eigenvalue weighted by Gasteiger charge is -2.29. The largest absolute Gasteiger partial charge is 0.461 e. The zero-order chi connectivity index (χ0) is 28.6. The molecule has 0 radical (unpaired) electrons. The molecule has 0 heterocycles. The summed E-state index contributed by atoms with van der Waals surface area (Å²) in [5, 5.41) is 0. The van der Waals surface area contributed by atoms with Crippen LogP contribution in [0.3, 0.4) is 0 Å². The van der Waals surface area contributed by atoms with Crippen LogP contribution >= 0.6 is 0 Å². The summed E-state index contributed by atoms with van der Waals surface area (Å²) in [7, 11) is 0. The lowest BCUT2D eigenvalue weighted by molar-refractivity contribution is -0.145. The van der Waals surface area contributed by atoms with Crippen molar-refractivity contribution < 1.29 is 28.6 Å².